The number of nitrogens with one attached hydrogen (secondary N) is 1. The van der Waals surface area contributed by atoms with Crippen molar-refractivity contribution in [1.82, 2.24) is 9.62 Å². The molecule has 3 rings (SSSR count). The van der Waals surface area contributed by atoms with Crippen molar-refractivity contribution < 1.29 is 13.2 Å². The molecule has 0 saturated carbocycles. The molecule has 1 aliphatic rings. The van der Waals surface area contributed by atoms with Gasteiger partial charge in [-0.3, -0.25) is 4.90 Å². The Kier molecular flexibility index (Phi) is 7.33. The van der Waals surface area contributed by atoms with Gasteiger partial charge in [0.2, 0.25) is 10.0 Å². The van der Waals surface area contributed by atoms with Gasteiger partial charge in [0, 0.05) is 21.5 Å². The van der Waals surface area contributed by atoms with Crippen molar-refractivity contribution >= 4 is 41.9 Å². The van der Waals surface area contributed by atoms with Crippen molar-refractivity contribution in [2.24, 2.45) is 0 Å². The van der Waals surface area contributed by atoms with Gasteiger partial charge in [0.15, 0.2) is 0 Å². The molecule has 27 heavy (non-hydrogen) atoms. The van der Waals surface area contributed by atoms with Crippen LogP contribution >= 0.6 is 31.9 Å². The fraction of sp³-hybridized carbons (Fsp3) is 0.368. The lowest BCUT2D eigenvalue weighted by Gasteiger charge is -2.32. The second kappa shape index (κ2) is 9.52. The molecule has 0 bridgehead atoms. The molecule has 0 amide bonds. The summed E-state index contributed by atoms with van der Waals surface area (Å²) in [4.78, 5) is 2.60. The van der Waals surface area contributed by atoms with Gasteiger partial charge in [-0.1, -0.05) is 44.0 Å². The van der Waals surface area contributed by atoms with Crippen LogP contribution in [0.2, 0.25) is 0 Å². The molecule has 5 nitrogen and oxygen atoms in total. The van der Waals surface area contributed by atoms with Crippen LogP contribution in [0.3, 0.4) is 0 Å². The maximum absolute atomic E-state index is 12.5. The Morgan fingerprint density at radius 3 is 2.37 bits per heavy atom. The second-order valence-electron chi connectivity index (χ2n) is 6.50. The summed E-state index contributed by atoms with van der Waals surface area (Å²) in [6.45, 7) is 3.16. The van der Waals surface area contributed by atoms with Crippen molar-refractivity contribution in [3.8, 4) is 5.75 Å². The number of rotatable bonds is 7. The highest BCUT2D eigenvalue weighted by atomic mass is 79.9. The molecule has 1 fully saturated rings. The van der Waals surface area contributed by atoms with Gasteiger partial charge in [-0.25, -0.2) is 13.1 Å². The maximum Gasteiger partial charge on any atom is 0.240 e. The highest BCUT2D eigenvalue weighted by Crippen LogP contribution is 2.19. The zero-order valence-corrected chi connectivity index (χ0v) is 18.8. The number of likely N-dealkylation sites (tertiary alicyclic amines) is 1. The Balaban J connectivity index is 1.43. The molecule has 2 aromatic rings. The average molecular weight is 518 g/mol. The summed E-state index contributed by atoms with van der Waals surface area (Å²) in [5.74, 6) is 0.848. The quantitative estimate of drug-likeness (QED) is 0.602. The van der Waals surface area contributed by atoms with Crippen LogP contribution in [0, 0.1) is 0 Å². The van der Waals surface area contributed by atoms with Crippen molar-refractivity contribution in [2.75, 3.05) is 26.2 Å². The highest BCUT2D eigenvalue weighted by molar-refractivity contribution is 9.10. The van der Waals surface area contributed by atoms with Gasteiger partial charge in [-0.05, 0) is 62.3 Å². The van der Waals surface area contributed by atoms with Crippen LogP contribution in [0.25, 0.3) is 0 Å². The van der Waals surface area contributed by atoms with Crippen molar-refractivity contribution in [2.45, 2.75) is 23.8 Å². The maximum atomic E-state index is 12.5. The first-order valence-electron chi connectivity index (χ1n) is 8.81. The highest BCUT2D eigenvalue weighted by Gasteiger charge is 2.24. The predicted octanol–water partition coefficient (Wildman–Crippen LogP) is 4.03. The van der Waals surface area contributed by atoms with E-state index in [4.69, 9.17) is 4.74 Å². The van der Waals surface area contributed by atoms with E-state index in [1.807, 2.05) is 30.3 Å². The van der Waals surface area contributed by atoms with Gasteiger partial charge in [0.05, 0.1) is 4.90 Å². The molecule has 0 unspecified atom stereocenters. The van der Waals surface area contributed by atoms with Crippen LogP contribution < -0.4 is 9.46 Å². The zero-order valence-electron chi connectivity index (χ0n) is 14.8. The number of benzene rings is 2. The molecule has 0 spiro atoms. The second-order valence-corrected chi connectivity index (χ2v) is 10.0. The molecule has 146 valence electrons. The standard InChI is InChI=1S/C19H22Br2N2O3S/c20-15-3-1-5-18(13-15)26-12-11-23-9-7-17(8-10-23)22-27(24,25)19-6-2-4-16(21)14-19/h1-6,13-14,17,22H,7-12H2. The number of nitrogens with zero attached hydrogens (tertiary/aromatic N) is 1. The van der Waals surface area contributed by atoms with E-state index < -0.39 is 10.0 Å². The summed E-state index contributed by atoms with van der Waals surface area (Å²) in [7, 11) is -3.48. The number of halogens is 2. The minimum absolute atomic E-state index is 0.0313. The van der Waals surface area contributed by atoms with E-state index >= 15 is 0 Å². The van der Waals surface area contributed by atoms with Crippen LogP contribution in [0.4, 0.5) is 0 Å². The summed E-state index contributed by atoms with van der Waals surface area (Å²) in [5, 5.41) is 0. The summed E-state index contributed by atoms with van der Waals surface area (Å²) in [6, 6.07) is 14.5. The SMILES string of the molecule is O=S(=O)(NC1CCN(CCOc2cccc(Br)c2)CC1)c1cccc(Br)c1. The molecule has 1 N–H and O–H groups in total. The van der Waals surface area contributed by atoms with Gasteiger partial charge < -0.3 is 4.74 Å². The third-order valence-corrected chi connectivity index (χ3v) is 6.99. The third kappa shape index (κ3) is 6.29. The number of sulfonamides is 1. The fourth-order valence-electron chi connectivity index (χ4n) is 3.05. The Labute approximate surface area is 177 Å². The van der Waals surface area contributed by atoms with E-state index in [-0.39, 0.29) is 6.04 Å². The Bertz CT molecular complexity index is 869. The van der Waals surface area contributed by atoms with E-state index in [1.165, 1.54) is 0 Å². The number of hydrogen-bond acceptors (Lipinski definition) is 4. The lowest BCUT2D eigenvalue weighted by atomic mass is 10.1. The predicted molar refractivity (Wildman–Crippen MR) is 114 cm³/mol. The van der Waals surface area contributed by atoms with E-state index in [9.17, 15) is 8.42 Å². The van der Waals surface area contributed by atoms with E-state index in [1.54, 1.807) is 18.2 Å². The first-order valence-corrected chi connectivity index (χ1v) is 11.9. The Morgan fingerprint density at radius 1 is 1.04 bits per heavy atom. The monoisotopic (exact) mass is 516 g/mol. The fourth-order valence-corrected chi connectivity index (χ4v) is 5.32. The molecule has 0 radical (unpaired) electrons. The van der Waals surface area contributed by atoms with Gasteiger partial charge in [-0.2, -0.15) is 0 Å². The van der Waals surface area contributed by atoms with Crippen LogP contribution in [-0.2, 0) is 10.0 Å². The molecular formula is C19H22Br2N2O3S. The number of hydrogen-bond donors (Lipinski definition) is 1. The van der Waals surface area contributed by atoms with Crippen LogP contribution in [0.1, 0.15) is 12.8 Å². The first kappa shape index (κ1) is 20.8. The molecule has 2 aromatic carbocycles. The van der Waals surface area contributed by atoms with Crippen LogP contribution in [0.15, 0.2) is 62.4 Å². The smallest absolute Gasteiger partial charge is 0.240 e. The van der Waals surface area contributed by atoms with Crippen LogP contribution in [-0.4, -0.2) is 45.6 Å². The van der Waals surface area contributed by atoms with Crippen molar-refractivity contribution in [3.63, 3.8) is 0 Å². The molecule has 0 aliphatic carbocycles. The van der Waals surface area contributed by atoms with Gasteiger partial charge in [0.1, 0.15) is 12.4 Å². The minimum Gasteiger partial charge on any atom is -0.492 e. The summed E-state index contributed by atoms with van der Waals surface area (Å²) in [5.41, 5.74) is 0. The lowest BCUT2D eigenvalue weighted by molar-refractivity contribution is 0.170. The molecule has 1 saturated heterocycles. The van der Waals surface area contributed by atoms with E-state index in [0.29, 0.717) is 11.5 Å². The first-order chi connectivity index (χ1) is 12.9. The molecular weight excluding hydrogens is 496 g/mol. The zero-order chi connectivity index (χ0) is 19.3. The Hall–Kier alpha value is -0.930. The van der Waals surface area contributed by atoms with Gasteiger partial charge >= 0.3 is 0 Å². The van der Waals surface area contributed by atoms with Crippen molar-refractivity contribution in [1.29, 1.82) is 0 Å². The van der Waals surface area contributed by atoms with Crippen LogP contribution in [0.5, 0.6) is 5.75 Å². The lowest BCUT2D eigenvalue weighted by Crippen LogP contribution is -2.45. The largest absolute Gasteiger partial charge is 0.492 e. The molecule has 0 aromatic heterocycles. The molecule has 8 heteroatoms. The van der Waals surface area contributed by atoms with E-state index in [0.717, 1.165) is 47.2 Å². The topological polar surface area (TPSA) is 58.6 Å². The number of piperidine rings is 1. The molecule has 1 aliphatic heterocycles. The van der Waals surface area contributed by atoms with Gasteiger partial charge in [0.25, 0.3) is 0 Å². The summed E-state index contributed by atoms with van der Waals surface area (Å²) < 4.78 is 35.4. The Morgan fingerprint density at radius 2 is 1.70 bits per heavy atom. The third-order valence-electron chi connectivity index (χ3n) is 4.49. The average Bonchev–Trinajstić information content (AvgIpc) is 2.63. The number of ether oxygens (including phenoxy) is 1. The molecule has 1 heterocycles. The summed E-state index contributed by atoms with van der Waals surface area (Å²) >= 11 is 6.75. The van der Waals surface area contributed by atoms with E-state index in [2.05, 4.69) is 41.5 Å². The van der Waals surface area contributed by atoms with Crippen molar-refractivity contribution in [3.05, 3.63) is 57.5 Å². The normalized spacial score (nSPS) is 16.4. The molecule has 0 atom stereocenters. The minimum atomic E-state index is -3.48. The summed E-state index contributed by atoms with van der Waals surface area (Å²) in [6.07, 6.45) is 1.59. The van der Waals surface area contributed by atoms with Gasteiger partial charge in [-0.15, -0.1) is 0 Å².